The number of nitro groups is 1. The Morgan fingerprint density at radius 1 is 1.44 bits per heavy atom. The molecule has 0 heterocycles. The lowest BCUT2D eigenvalue weighted by molar-refractivity contribution is -0.385. The normalized spacial score (nSPS) is 10.3. The van der Waals surface area contributed by atoms with Crippen molar-refractivity contribution in [3.05, 3.63) is 39.4 Å². The van der Waals surface area contributed by atoms with E-state index < -0.39 is 10.9 Å². The number of carbonyl (C=O) groups is 1. The average Bonchev–Trinajstić information content (AvgIpc) is 2.33. The number of rotatable bonds is 7. The number of aliphatic hydroxyl groups is 1. The molecule has 7 heteroatoms. The minimum Gasteiger partial charge on any atom is -0.477 e. The van der Waals surface area contributed by atoms with Crippen LogP contribution in [0.4, 0.5) is 5.69 Å². The van der Waals surface area contributed by atoms with Gasteiger partial charge in [-0.15, -0.1) is 0 Å². The Morgan fingerprint density at radius 2 is 2.17 bits per heavy atom. The molecule has 2 N–H and O–H groups in total. The number of aromatic carboxylic acids is 1. The molecule has 0 saturated heterocycles. The van der Waals surface area contributed by atoms with Gasteiger partial charge >= 0.3 is 5.97 Å². The highest BCUT2D eigenvalue weighted by atomic mass is 32.2. The van der Waals surface area contributed by atoms with Gasteiger partial charge < -0.3 is 10.2 Å². The summed E-state index contributed by atoms with van der Waals surface area (Å²) in [6, 6.07) is 4.24. The van der Waals surface area contributed by atoms with Gasteiger partial charge in [0.1, 0.15) is 5.56 Å². The smallest absolute Gasteiger partial charge is 0.343 e. The molecule has 0 atom stereocenters. The standard InChI is InChI=1S/C11H13NO5S/c13-5-2-6-18-7-8-3-1-4-9(12(16)17)10(8)11(14)15/h1,3-4,13H,2,5-7H2,(H,14,15). The summed E-state index contributed by atoms with van der Waals surface area (Å²) >= 11 is 1.44. The van der Waals surface area contributed by atoms with Crippen LogP contribution < -0.4 is 0 Å². The van der Waals surface area contributed by atoms with E-state index in [2.05, 4.69) is 0 Å². The molecule has 6 nitrogen and oxygen atoms in total. The van der Waals surface area contributed by atoms with Crippen LogP contribution in [0, 0.1) is 10.1 Å². The second kappa shape index (κ2) is 6.97. The number of hydrogen-bond acceptors (Lipinski definition) is 5. The van der Waals surface area contributed by atoms with Gasteiger partial charge in [0.25, 0.3) is 5.69 Å². The van der Waals surface area contributed by atoms with Gasteiger partial charge in [-0.2, -0.15) is 11.8 Å². The van der Waals surface area contributed by atoms with E-state index in [-0.39, 0.29) is 17.9 Å². The Hall–Kier alpha value is -1.60. The predicted molar refractivity (Wildman–Crippen MR) is 67.9 cm³/mol. The van der Waals surface area contributed by atoms with Crippen LogP contribution in [0.15, 0.2) is 18.2 Å². The highest BCUT2D eigenvalue weighted by Crippen LogP contribution is 2.25. The molecule has 1 rings (SSSR count). The fraction of sp³-hybridized carbons (Fsp3) is 0.364. The molecule has 0 aromatic heterocycles. The molecule has 0 fully saturated rings. The predicted octanol–water partition coefficient (Wildman–Crippen LogP) is 1.91. The fourth-order valence-electron chi connectivity index (χ4n) is 1.45. The Bertz CT molecular complexity index is 449. The maximum absolute atomic E-state index is 11.1. The van der Waals surface area contributed by atoms with Crippen LogP contribution in [0.3, 0.4) is 0 Å². The van der Waals surface area contributed by atoms with E-state index in [1.54, 1.807) is 6.07 Å². The van der Waals surface area contributed by atoms with E-state index in [4.69, 9.17) is 10.2 Å². The first-order valence-electron chi connectivity index (χ1n) is 5.26. The summed E-state index contributed by atoms with van der Waals surface area (Å²) < 4.78 is 0. The van der Waals surface area contributed by atoms with Crippen LogP contribution in [-0.4, -0.2) is 33.5 Å². The van der Waals surface area contributed by atoms with Crippen molar-refractivity contribution >= 4 is 23.4 Å². The van der Waals surface area contributed by atoms with Crippen LogP contribution in [0.5, 0.6) is 0 Å². The molecule has 0 amide bonds. The van der Waals surface area contributed by atoms with Gasteiger partial charge in [-0.3, -0.25) is 10.1 Å². The number of benzene rings is 1. The van der Waals surface area contributed by atoms with E-state index >= 15 is 0 Å². The maximum atomic E-state index is 11.1. The molecule has 0 aliphatic carbocycles. The van der Waals surface area contributed by atoms with Crippen molar-refractivity contribution in [3.63, 3.8) is 0 Å². The molecule has 1 aromatic rings. The average molecular weight is 271 g/mol. The Morgan fingerprint density at radius 3 is 2.72 bits per heavy atom. The van der Waals surface area contributed by atoms with Crippen molar-refractivity contribution < 1.29 is 19.9 Å². The maximum Gasteiger partial charge on any atom is 0.343 e. The highest BCUT2D eigenvalue weighted by Gasteiger charge is 2.22. The minimum atomic E-state index is -1.29. The third-order valence-electron chi connectivity index (χ3n) is 2.24. The molecule has 0 saturated carbocycles. The van der Waals surface area contributed by atoms with Crippen molar-refractivity contribution in [2.24, 2.45) is 0 Å². The molecule has 18 heavy (non-hydrogen) atoms. The fourth-order valence-corrected chi connectivity index (χ4v) is 2.39. The topological polar surface area (TPSA) is 101 Å². The van der Waals surface area contributed by atoms with E-state index in [9.17, 15) is 14.9 Å². The molecule has 0 aliphatic rings. The molecule has 1 aromatic carbocycles. The van der Waals surface area contributed by atoms with Crippen LogP contribution in [0.25, 0.3) is 0 Å². The summed E-state index contributed by atoms with van der Waals surface area (Å²) in [5.74, 6) is -0.235. The summed E-state index contributed by atoms with van der Waals surface area (Å²) in [6.07, 6.45) is 0.613. The van der Waals surface area contributed by atoms with Gasteiger partial charge in [-0.05, 0) is 17.7 Å². The molecule has 0 unspecified atom stereocenters. The number of nitro benzene ring substituents is 1. The second-order valence-electron chi connectivity index (χ2n) is 3.50. The van der Waals surface area contributed by atoms with Gasteiger partial charge in [0, 0.05) is 18.4 Å². The molecular formula is C11H13NO5S. The number of aliphatic hydroxyl groups excluding tert-OH is 1. The lowest BCUT2D eigenvalue weighted by atomic mass is 10.1. The quantitative estimate of drug-likeness (QED) is 0.446. The number of carboxylic acids is 1. The van der Waals surface area contributed by atoms with Gasteiger partial charge in [-0.1, -0.05) is 12.1 Å². The lowest BCUT2D eigenvalue weighted by Gasteiger charge is -2.06. The Kier molecular flexibility index (Phi) is 5.60. The summed E-state index contributed by atoms with van der Waals surface area (Å²) in [5.41, 5.74) is -0.207. The second-order valence-corrected chi connectivity index (χ2v) is 4.61. The molecule has 0 spiro atoms. The van der Waals surface area contributed by atoms with E-state index in [1.165, 1.54) is 23.9 Å². The van der Waals surface area contributed by atoms with Crippen molar-refractivity contribution in [1.82, 2.24) is 0 Å². The van der Waals surface area contributed by atoms with Gasteiger partial charge in [0.15, 0.2) is 0 Å². The zero-order valence-corrected chi connectivity index (χ0v) is 10.4. The SMILES string of the molecule is O=C(O)c1c(CSCCCO)cccc1[N+](=O)[O-]. The summed E-state index contributed by atoms with van der Waals surface area (Å²) in [7, 11) is 0. The van der Waals surface area contributed by atoms with E-state index in [0.29, 0.717) is 23.5 Å². The van der Waals surface area contributed by atoms with Crippen molar-refractivity contribution in [2.45, 2.75) is 12.2 Å². The van der Waals surface area contributed by atoms with Crippen molar-refractivity contribution in [2.75, 3.05) is 12.4 Å². The first kappa shape index (κ1) is 14.5. The monoisotopic (exact) mass is 271 g/mol. The first-order chi connectivity index (χ1) is 8.57. The van der Waals surface area contributed by atoms with E-state index in [0.717, 1.165) is 0 Å². The zero-order chi connectivity index (χ0) is 13.5. The van der Waals surface area contributed by atoms with Gasteiger partial charge in [-0.25, -0.2) is 4.79 Å². The van der Waals surface area contributed by atoms with Crippen LogP contribution in [0.1, 0.15) is 22.3 Å². The lowest BCUT2D eigenvalue weighted by Crippen LogP contribution is -2.06. The number of nitrogens with zero attached hydrogens (tertiary/aromatic N) is 1. The number of carboxylic acid groups (broad SMARTS) is 1. The van der Waals surface area contributed by atoms with Crippen LogP contribution >= 0.6 is 11.8 Å². The summed E-state index contributed by atoms with van der Waals surface area (Å²) in [4.78, 5) is 21.2. The van der Waals surface area contributed by atoms with Crippen molar-refractivity contribution in [3.8, 4) is 0 Å². The van der Waals surface area contributed by atoms with E-state index in [1.807, 2.05) is 0 Å². The van der Waals surface area contributed by atoms with Gasteiger partial charge in [0.2, 0.25) is 0 Å². The highest BCUT2D eigenvalue weighted by molar-refractivity contribution is 7.98. The first-order valence-corrected chi connectivity index (χ1v) is 6.41. The molecule has 0 radical (unpaired) electrons. The molecule has 0 aliphatic heterocycles. The number of thioether (sulfide) groups is 1. The third kappa shape index (κ3) is 3.71. The number of hydrogen-bond donors (Lipinski definition) is 2. The van der Waals surface area contributed by atoms with Crippen LogP contribution in [-0.2, 0) is 5.75 Å². The summed E-state index contributed by atoms with van der Waals surface area (Å²) in [6.45, 7) is 0.0771. The minimum absolute atomic E-state index is 0.0771. The Labute approximate surface area is 108 Å². The molecular weight excluding hydrogens is 258 g/mol. The van der Waals surface area contributed by atoms with Crippen LogP contribution in [0.2, 0.25) is 0 Å². The summed E-state index contributed by atoms with van der Waals surface area (Å²) in [5, 5.41) is 28.4. The third-order valence-corrected chi connectivity index (χ3v) is 3.34. The molecule has 0 bridgehead atoms. The molecule has 98 valence electrons. The largest absolute Gasteiger partial charge is 0.477 e. The van der Waals surface area contributed by atoms with Gasteiger partial charge in [0.05, 0.1) is 4.92 Å². The zero-order valence-electron chi connectivity index (χ0n) is 9.54. The van der Waals surface area contributed by atoms with Crippen molar-refractivity contribution in [1.29, 1.82) is 0 Å². The Balaban J connectivity index is 2.93.